The van der Waals surface area contributed by atoms with E-state index in [4.69, 9.17) is 0 Å². The van der Waals surface area contributed by atoms with Crippen molar-refractivity contribution in [2.75, 3.05) is 5.75 Å². The summed E-state index contributed by atoms with van der Waals surface area (Å²) in [5, 5.41) is 11.3. The second-order valence-electron chi connectivity index (χ2n) is 6.32. The number of rotatable bonds is 6. The number of nitrogens with one attached hydrogen (secondary N) is 1. The van der Waals surface area contributed by atoms with E-state index < -0.39 is 34.1 Å². The fourth-order valence-electron chi connectivity index (χ4n) is 3.20. The van der Waals surface area contributed by atoms with Gasteiger partial charge in [-0.3, -0.25) is 18.7 Å². The van der Waals surface area contributed by atoms with Crippen molar-refractivity contribution >= 4 is 28.6 Å². The molecule has 3 rings (SSSR count). The molecule has 0 aromatic heterocycles. The molecule has 0 radical (unpaired) electrons. The number of hydrogen-bond donors (Lipinski definition) is 2. The number of carbonyl (C=O) groups is 3. The van der Waals surface area contributed by atoms with Crippen LogP contribution >= 0.6 is 0 Å². The molecule has 2 heterocycles. The van der Waals surface area contributed by atoms with Crippen LogP contribution in [0.15, 0.2) is 53.8 Å². The Labute approximate surface area is 159 Å². The van der Waals surface area contributed by atoms with E-state index in [-0.39, 0.29) is 23.8 Å². The molecular formula is C19H20N2O5S. The van der Waals surface area contributed by atoms with E-state index in [0.29, 0.717) is 12.0 Å². The number of carboxylic acids is 1. The summed E-state index contributed by atoms with van der Waals surface area (Å²) in [5.74, 6) is -2.12. The Balaban J connectivity index is 1.78. The number of β-lactam (4-membered cyclic amide) rings is 1. The smallest absolute Gasteiger partial charge is 0.352 e. The maximum absolute atomic E-state index is 12.6. The molecule has 1 fully saturated rings. The first kappa shape index (κ1) is 19.0. The highest BCUT2D eigenvalue weighted by Crippen LogP contribution is 2.35. The Morgan fingerprint density at radius 1 is 1.33 bits per heavy atom. The minimum atomic E-state index is -1.49. The third-order valence-corrected chi connectivity index (χ3v) is 6.05. The molecule has 2 N–H and O–H groups in total. The third kappa shape index (κ3) is 3.71. The van der Waals surface area contributed by atoms with Crippen LogP contribution in [0.3, 0.4) is 0 Å². The summed E-state index contributed by atoms with van der Waals surface area (Å²) in [5.41, 5.74) is 1.01. The zero-order chi connectivity index (χ0) is 19.6. The van der Waals surface area contributed by atoms with E-state index in [2.05, 4.69) is 5.32 Å². The average molecular weight is 388 g/mol. The molecule has 2 aliphatic heterocycles. The summed E-state index contributed by atoms with van der Waals surface area (Å²) in [6.45, 7) is 1.90. The molecule has 3 atom stereocenters. The lowest BCUT2D eigenvalue weighted by Gasteiger charge is -2.48. The Bertz CT molecular complexity index is 862. The lowest BCUT2D eigenvalue weighted by Crippen LogP contribution is -2.73. The third-order valence-electron chi connectivity index (χ3n) is 4.44. The molecule has 0 spiro atoms. The first-order valence-corrected chi connectivity index (χ1v) is 9.98. The van der Waals surface area contributed by atoms with Crippen molar-refractivity contribution < 1.29 is 23.7 Å². The predicted molar refractivity (Wildman–Crippen MR) is 99.8 cm³/mol. The van der Waals surface area contributed by atoms with E-state index in [0.717, 1.165) is 10.5 Å². The molecule has 7 nitrogen and oxygen atoms in total. The van der Waals surface area contributed by atoms with Crippen LogP contribution in [0.5, 0.6) is 0 Å². The highest BCUT2D eigenvalue weighted by molar-refractivity contribution is 7.86. The molecule has 0 saturated carbocycles. The number of benzene rings is 1. The molecule has 0 bridgehead atoms. The first-order chi connectivity index (χ1) is 12.9. The molecule has 1 aromatic rings. The fourth-order valence-corrected chi connectivity index (χ4v) is 4.84. The van der Waals surface area contributed by atoms with Gasteiger partial charge in [0.25, 0.3) is 5.91 Å². The molecule has 8 heteroatoms. The number of nitrogens with zero attached hydrogens (tertiary/aromatic N) is 1. The lowest BCUT2D eigenvalue weighted by atomic mass is 10.0. The lowest BCUT2D eigenvalue weighted by molar-refractivity contribution is -0.150. The maximum Gasteiger partial charge on any atom is 0.352 e. The molecule has 27 heavy (non-hydrogen) atoms. The summed E-state index contributed by atoms with van der Waals surface area (Å²) in [6, 6.07) is 8.09. The molecule has 3 unspecified atom stereocenters. The van der Waals surface area contributed by atoms with Gasteiger partial charge in [-0.1, -0.05) is 49.4 Å². The number of carboxylic acid groups (broad SMARTS) is 1. The Morgan fingerprint density at radius 3 is 2.67 bits per heavy atom. The average Bonchev–Trinajstić information content (AvgIpc) is 2.64. The molecule has 0 aliphatic carbocycles. The quantitative estimate of drug-likeness (QED) is 0.706. The van der Waals surface area contributed by atoms with E-state index in [1.807, 2.05) is 25.1 Å². The largest absolute Gasteiger partial charge is 0.477 e. The number of fused-ring (bicyclic) bond motifs is 1. The van der Waals surface area contributed by atoms with Gasteiger partial charge in [0.05, 0.1) is 23.0 Å². The van der Waals surface area contributed by atoms with Crippen molar-refractivity contribution in [2.24, 2.45) is 0 Å². The van der Waals surface area contributed by atoms with Crippen molar-refractivity contribution in [1.82, 2.24) is 10.2 Å². The van der Waals surface area contributed by atoms with Gasteiger partial charge in [0, 0.05) is 0 Å². The summed E-state index contributed by atoms with van der Waals surface area (Å²) < 4.78 is 12.6. The second-order valence-corrected chi connectivity index (χ2v) is 7.85. The minimum Gasteiger partial charge on any atom is -0.477 e. The number of allylic oxidation sites excluding steroid dienone is 2. The molecule has 142 valence electrons. The highest BCUT2D eigenvalue weighted by Gasteiger charge is 2.56. The monoisotopic (exact) mass is 388 g/mol. The van der Waals surface area contributed by atoms with E-state index in [1.54, 1.807) is 24.3 Å². The van der Waals surface area contributed by atoms with Gasteiger partial charge in [-0.05, 0) is 17.6 Å². The maximum atomic E-state index is 12.6. The van der Waals surface area contributed by atoms with E-state index in [9.17, 15) is 23.7 Å². The van der Waals surface area contributed by atoms with Crippen LogP contribution in [-0.2, 0) is 31.6 Å². The Hall–Kier alpha value is -2.74. The van der Waals surface area contributed by atoms with Gasteiger partial charge in [0.1, 0.15) is 17.1 Å². The van der Waals surface area contributed by atoms with Crippen molar-refractivity contribution in [1.29, 1.82) is 0 Å². The number of hydrogen-bond acceptors (Lipinski definition) is 4. The van der Waals surface area contributed by atoms with Gasteiger partial charge < -0.3 is 10.4 Å². The molecule has 2 aliphatic rings. The van der Waals surface area contributed by atoms with Crippen molar-refractivity contribution in [3.05, 3.63) is 59.3 Å². The number of carbonyl (C=O) groups excluding carboxylic acids is 2. The highest BCUT2D eigenvalue weighted by atomic mass is 32.2. The number of amides is 2. The van der Waals surface area contributed by atoms with Crippen LogP contribution in [0, 0.1) is 0 Å². The van der Waals surface area contributed by atoms with Crippen LogP contribution in [0.25, 0.3) is 0 Å². The molecular weight excluding hydrogens is 368 g/mol. The van der Waals surface area contributed by atoms with Gasteiger partial charge in [-0.15, -0.1) is 0 Å². The summed E-state index contributed by atoms with van der Waals surface area (Å²) in [4.78, 5) is 37.5. The van der Waals surface area contributed by atoms with Gasteiger partial charge in [-0.2, -0.15) is 0 Å². The summed E-state index contributed by atoms with van der Waals surface area (Å²) in [6.07, 6.45) is 4.15. The van der Waals surface area contributed by atoms with E-state index >= 15 is 0 Å². The van der Waals surface area contributed by atoms with Crippen molar-refractivity contribution in [2.45, 2.75) is 31.2 Å². The fraction of sp³-hybridized carbons (Fsp3) is 0.316. The number of aliphatic carboxylic acids is 1. The van der Waals surface area contributed by atoms with Crippen molar-refractivity contribution in [3.8, 4) is 0 Å². The molecule has 2 amide bonds. The van der Waals surface area contributed by atoms with Gasteiger partial charge in [-0.25, -0.2) is 4.79 Å². The Morgan fingerprint density at radius 2 is 2.04 bits per heavy atom. The topological polar surface area (TPSA) is 104 Å². The van der Waals surface area contributed by atoms with Crippen LogP contribution in [0.2, 0.25) is 0 Å². The molecule has 1 saturated heterocycles. The van der Waals surface area contributed by atoms with Crippen LogP contribution in [-0.4, -0.2) is 49.2 Å². The van der Waals surface area contributed by atoms with Crippen LogP contribution in [0.4, 0.5) is 0 Å². The van der Waals surface area contributed by atoms with Crippen LogP contribution < -0.4 is 5.32 Å². The van der Waals surface area contributed by atoms with Gasteiger partial charge >= 0.3 is 5.97 Å². The normalized spacial score (nSPS) is 24.6. The minimum absolute atomic E-state index is 0.0393. The van der Waals surface area contributed by atoms with Crippen molar-refractivity contribution in [3.63, 3.8) is 0 Å². The van der Waals surface area contributed by atoms with Gasteiger partial charge in [0.2, 0.25) is 5.91 Å². The predicted octanol–water partition coefficient (Wildman–Crippen LogP) is 0.949. The summed E-state index contributed by atoms with van der Waals surface area (Å²) >= 11 is 0. The zero-order valence-electron chi connectivity index (χ0n) is 14.8. The summed E-state index contributed by atoms with van der Waals surface area (Å²) in [7, 11) is -1.49. The standard InChI is InChI=1S/C19H20N2O5S/c1-2-3-9-13-11-27(26)18-15(17(23)21(18)16(13)19(24)25)20-14(22)10-12-7-5-4-6-8-12/h3-9,15,18H,2,10-11H2,1H3,(H,20,22)(H,24,25)/b9-3-. The Kier molecular flexibility index (Phi) is 5.55. The first-order valence-electron chi connectivity index (χ1n) is 8.60. The molecule has 1 aromatic carbocycles. The van der Waals surface area contributed by atoms with Gasteiger partial charge in [0.15, 0.2) is 0 Å². The van der Waals surface area contributed by atoms with Crippen LogP contribution in [0.1, 0.15) is 18.9 Å². The SMILES string of the molecule is CC/C=C\C1=C(C(=O)O)N2C(=O)C(NC(=O)Cc3ccccc3)C2S(=O)C1. The van der Waals surface area contributed by atoms with E-state index in [1.165, 1.54) is 0 Å². The second kappa shape index (κ2) is 7.87. The zero-order valence-corrected chi connectivity index (χ0v) is 15.6.